The fourth-order valence-corrected chi connectivity index (χ4v) is 2.13. The largest absolute Gasteiger partial charge is 0.481 e. The van der Waals surface area contributed by atoms with Crippen LogP contribution in [0.3, 0.4) is 0 Å². The molecule has 0 aliphatic carbocycles. The van der Waals surface area contributed by atoms with Crippen molar-refractivity contribution in [1.29, 1.82) is 0 Å². The number of carbonyl (C=O) groups is 2. The summed E-state index contributed by atoms with van der Waals surface area (Å²) < 4.78 is 4.95. The van der Waals surface area contributed by atoms with E-state index in [9.17, 15) is 19.7 Å². The van der Waals surface area contributed by atoms with Gasteiger partial charge in [-0.15, -0.1) is 0 Å². The number of hydrogen-bond donors (Lipinski definition) is 2. The van der Waals surface area contributed by atoms with E-state index in [2.05, 4.69) is 5.32 Å². The van der Waals surface area contributed by atoms with Crippen LogP contribution in [0, 0.1) is 17.0 Å². The van der Waals surface area contributed by atoms with Gasteiger partial charge in [0.25, 0.3) is 11.6 Å². The molecule has 0 aromatic heterocycles. The number of nitrogens with zero attached hydrogens (tertiary/aromatic N) is 1. The summed E-state index contributed by atoms with van der Waals surface area (Å²) in [6.45, 7) is 3.11. The van der Waals surface area contributed by atoms with Gasteiger partial charge in [-0.2, -0.15) is 0 Å². The Morgan fingerprint density at radius 1 is 1.45 bits per heavy atom. The molecule has 22 heavy (non-hydrogen) atoms. The topological polar surface area (TPSA) is 119 Å². The number of rotatable bonds is 7. The molecule has 1 rings (SSSR count). The van der Waals surface area contributed by atoms with Crippen LogP contribution in [0.15, 0.2) is 18.2 Å². The molecule has 0 aliphatic rings. The summed E-state index contributed by atoms with van der Waals surface area (Å²) in [6.07, 6.45) is -0.307. The molecule has 1 amide bonds. The monoisotopic (exact) mass is 310 g/mol. The van der Waals surface area contributed by atoms with Crippen molar-refractivity contribution in [2.24, 2.45) is 0 Å². The molecule has 1 aromatic rings. The first kappa shape index (κ1) is 17.6. The quantitative estimate of drug-likeness (QED) is 0.582. The van der Waals surface area contributed by atoms with Gasteiger partial charge in [0.15, 0.2) is 0 Å². The zero-order valence-corrected chi connectivity index (χ0v) is 12.6. The highest BCUT2D eigenvalue weighted by Crippen LogP contribution is 2.19. The van der Waals surface area contributed by atoms with Crippen molar-refractivity contribution in [1.82, 2.24) is 5.32 Å². The van der Waals surface area contributed by atoms with Crippen molar-refractivity contribution in [3.8, 4) is 0 Å². The van der Waals surface area contributed by atoms with E-state index in [4.69, 9.17) is 9.84 Å². The molecule has 8 nitrogen and oxygen atoms in total. The fourth-order valence-electron chi connectivity index (χ4n) is 2.13. The Morgan fingerprint density at radius 2 is 2.09 bits per heavy atom. The Bertz CT molecular complexity index is 601. The van der Waals surface area contributed by atoms with Crippen molar-refractivity contribution in [2.45, 2.75) is 25.8 Å². The molecular weight excluding hydrogens is 292 g/mol. The number of aliphatic carboxylic acids is 1. The maximum Gasteiger partial charge on any atom is 0.305 e. The highest BCUT2D eigenvalue weighted by atomic mass is 16.6. The van der Waals surface area contributed by atoms with Gasteiger partial charge in [0, 0.05) is 24.3 Å². The molecule has 0 fully saturated rings. The molecule has 0 radical (unpaired) electrons. The number of methoxy groups -OCH3 is 1. The third-order valence-electron chi connectivity index (χ3n) is 3.08. The second-order valence-corrected chi connectivity index (χ2v) is 5.28. The van der Waals surface area contributed by atoms with E-state index in [-0.39, 0.29) is 24.3 Å². The van der Waals surface area contributed by atoms with Crippen LogP contribution in [0.5, 0.6) is 0 Å². The minimum atomic E-state index is -1.08. The van der Waals surface area contributed by atoms with Crippen molar-refractivity contribution in [3.63, 3.8) is 0 Å². The zero-order chi connectivity index (χ0) is 16.9. The van der Waals surface area contributed by atoms with Gasteiger partial charge in [-0.05, 0) is 26.0 Å². The van der Waals surface area contributed by atoms with Gasteiger partial charge in [0.2, 0.25) is 0 Å². The molecule has 0 saturated carbocycles. The third-order valence-corrected chi connectivity index (χ3v) is 3.08. The van der Waals surface area contributed by atoms with E-state index in [1.807, 2.05) is 0 Å². The van der Waals surface area contributed by atoms with Gasteiger partial charge in [0.1, 0.15) is 0 Å². The fraction of sp³-hybridized carbons (Fsp3) is 0.429. The lowest BCUT2D eigenvalue weighted by Crippen LogP contribution is -2.50. The smallest absolute Gasteiger partial charge is 0.305 e. The van der Waals surface area contributed by atoms with Gasteiger partial charge in [-0.1, -0.05) is 0 Å². The predicted molar refractivity (Wildman–Crippen MR) is 77.8 cm³/mol. The van der Waals surface area contributed by atoms with Crippen LogP contribution < -0.4 is 5.32 Å². The summed E-state index contributed by atoms with van der Waals surface area (Å²) in [5.74, 6) is -1.58. The van der Waals surface area contributed by atoms with Gasteiger partial charge in [-0.3, -0.25) is 19.7 Å². The molecule has 1 unspecified atom stereocenters. The number of carbonyl (C=O) groups excluding carboxylic acids is 1. The van der Waals surface area contributed by atoms with Crippen LogP contribution in [0.1, 0.15) is 29.3 Å². The summed E-state index contributed by atoms with van der Waals surface area (Å²) in [7, 11) is 1.41. The molecule has 0 bridgehead atoms. The molecule has 0 heterocycles. The number of amides is 1. The highest BCUT2D eigenvalue weighted by molar-refractivity contribution is 5.95. The van der Waals surface area contributed by atoms with Crippen LogP contribution in [0.2, 0.25) is 0 Å². The number of benzene rings is 1. The standard InChI is InChI=1S/C14H18N2O6/c1-9-6-10(4-5-11(9)16(20)21)13(19)15-14(2,8-22-3)7-12(17)18/h4-6H,7-8H2,1-3H3,(H,15,19)(H,17,18). The molecule has 8 heteroatoms. The number of nitrogens with one attached hydrogen (secondary N) is 1. The number of carboxylic acids is 1. The summed E-state index contributed by atoms with van der Waals surface area (Å²) >= 11 is 0. The Balaban J connectivity index is 2.97. The first-order valence-corrected chi connectivity index (χ1v) is 6.47. The molecule has 0 spiro atoms. The highest BCUT2D eigenvalue weighted by Gasteiger charge is 2.30. The number of ether oxygens (including phenoxy) is 1. The summed E-state index contributed by atoms with van der Waals surface area (Å²) in [5.41, 5.74) is -0.588. The SMILES string of the molecule is COCC(C)(CC(=O)O)NC(=O)c1ccc([N+](=O)[O-])c(C)c1. The summed E-state index contributed by atoms with van der Waals surface area (Å²) in [6, 6.07) is 3.96. The van der Waals surface area contributed by atoms with Crippen LogP contribution in [-0.2, 0) is 9.53 Å². The molecule has 2 N–H and O–H groups in total. The number of hydrogen-bond acceptors (Lipinski definition) is 5. The van der Waals surface area contributed by atoms with E-state index < -0.39 is 22.3 Å². The average molecular weight is 310 g/mol. The first-order chi connectivity index (χ1) is 10.2. The lowest BCUT2D eigenvalue weighted by Gasteiger charge is -2.28. The molecular formula is C14H18N2O6. The molecule has 0 saturated heterocycles. The van der Waals surface area contributed by atoms with Gasteiger partial charge in [0.05, 0.1) is 23.5 Å². The minimum absolute atomic E-state index is 0.0248. The second kappa shape index (κ2) is 6.99. The minimum Gasteiger partial charge on any atom is -0.481 e. The summed E-state index contributed by atoms with van der Waals surface area (Å²) in [5, 5.41) is 22.3. The number of carboxylic acid groups (broad SMARTS) is 1. The Labute approximate surface area is 127 Å². The molecule has 0 aliphatic heterocycles. The van der Waals surface area contributed by atoms with Crippen molar-refractivity contribution < 1.29 is 24.4 Å². The Morgan fingerprint density at radius 3 is 2.55 bits per heavy atom. The summed E-state index contributed by atoms with van der Waals surface area (Å²) in [4.78, 5) is 33.4. The lowest BCUT2D eigenvalue weighted by molar-refractivity contribution is -0.385. The van der Waals surface area contributed by atoms with Gasteiger partial charge >= 0.3 is 5.97 Å². The number of nitro groups is 1. The van der Waals surface area contributed by atoms with E-state index in [0.717, 1.165) is 0 Å². The normalized spacial score (nSPS) is 13.2. The first-order valence-electron chi connectivity index (χ1n) is 6.47. The van der Waals surface area contributed by atoms with Crippen LogP contribution in [-0.4, -0.2) is 41.2 Å². The zero-order valence-electron chi connectivity index (χ0n) is 12.6. The lowest BCUT2D eigenvalue weighted by atomic mass is 9.98. The number of aryl methyl sites for hydroxylation is 1. The third kappa shape index (κ3) is 4.52. The average Bonchev–Trinajstić information content (AvgIpc) is 2.36. The molecule has 1 aromatic carbocycles. The van der Waals surface area contributed by atoms with Crippen LogP contribution in [0.4, 0.5) is 5.69 Å². The second-order valence-electron chi connectivity index (χ2n) is 5.28. The van der Waals surface area contributed by atoms with Crippen molar-refractivity contribution in [3.05, 3.63) is 39.4 Å². The Kier molecular flexibility index (Phi) is 5.58. The Hall–Kier alpha value is -2.48. The van der Waals surface area contributed by atoms with Gasteiger partial charge < -0.3 is 15.2 Å². The number of nitro benzene ring substituents is 1. The van der Waals surface area contributed by atoms with Gasteiger partial charge in [-0.25, -0.2) is 0 Å². The molecule has 120 valence electrons. The predicted octanol–water partition coefficient (Wildman–Crippen LogP) is 1.51. The maximum atomic E-state index is 12.2. The maximum absolute atomic E-state index is 12.2. The van der Waals surface area contributed by atoms with Crippen molar-refractivity contribution >= 4 is 17.6 Å². The van der Waals surface area contributed by atoms with E-state index in [1.165, 1.54) is 32.2 Å². The van der Waals surface area contributed by atoms with Crippen LogP contribution in [0.25, 0.3) is 0 Å². The van der Waals surface area contributed by atoms with Crippen molar-refractivity contribution in [2.75, 3.05) is 13.7 Å². The molecule has 1 atom stereocenters. The van der Waals surface area contributed by atoms with E-state index >= 15 is 0 Å². The van der Waals surface area contributed by atoms with E-state index in [1.54, 1.807) is 6.92 Å². The van der Waals surface area contributed by atoms with E-state index in [0.29, 0.717) is 5.56 Å². The van der Waals surface area contributed by atoms with Crippen LogP contribution >= 0.6 is 0 Å².